The van der Waals surface area contributed by atoms with Gasteiger partial charge < -0.3 is 20.8 Å². The van der Waals surface area contributed by atoms with E-state index in [0.29, 0.717) is 12.8 Å². The fraction of sp³-hybridized carbons (Fsp3) is 0.938. The zero-order valence-electron chi connectivity index (χ0n) is 26.1. The molecule has 0 heterocycles. The standard InChI is InChI=1S/2C14H28O2.C4H12N2/c2*1-2-3-4-5-6-7-8-9-10-11-12-13-14(15)16;1-6(2)4-3-5/h2*2-13H2,1H3,(H,15,16);3-5H2,1-2H3. The minimum absolute atomic E-state index is 0.344. The predicted molar refractivity (Wildman–Crippen MR) is 165 cm³/mol. The van der Waals surface area contributed by atoms with Crippen LogP contribution >= 0.6 is 0 Å². The van der Waals surface area contributed by atoms with E-state index in [2.05, 4.69) is 18.7 Å². The molecule has 0 fully saturated rings. The molecule has 0 aromatic carbocycles. The van der Waals surface area contributed by atoms with Crippen LogP contribution in [0.3, 0.4) is 0 Å². The summed E-state index contributed by atoms with van der Waals surface area (Å²) in [5.41, 5.74) is 5.19. The highest BCUT2D eigenvalue weighted by Gasteiger charge is 1.97. The van der Waals surface area contributed by atoms with Gasteiger partial charge in [-0.2, -0.15) is 0 Å². The molecule has 0 aliphatic carbocycles. The molecular formula is C32H68N2O4. The minimum Gasteiger partial charge on any atom is -0.481 e. The summed E-state index contributed by atoms with van der Waals surface area (Å²) in [4.78, 5) is 22.6. The van der Waals surface area contributed by atoms with Gasteiger partial charge >= 0.3 is 11.9 Å². The van der Waals surface area contributed by atoms with Crippen LogP contribution in [0.2, 0.25) is 0 Å². The molecule has 4 N–H and O–H groups in total. The Labute approximate surface area is 237 Å². The Balaban J connectivity index is -0.000000532. The van der Waals surface area contributed by atoms with Gasteiger partial charge in [-0.05, 0) is 26.9 Å². The van der Waals surface area contributed by atoms with Crippen LogP contribution in [0.15, 0.2) is 0 Å². The Hall–Kier alpha value is -1.14. The number of nitrogens with zero attached hydrogens (tertiary/aromatic N) is 1. The molecule has 6 heteroatoms. The minimum atomic E-state index is -0.657. The average Bonchev–Trinajstić information content (AvgIpc) is 2.86. The van der Waals surface area contributed by atoms with Crippen LogP contribution < -0.4 is 5.73 Å². The first kappa shape index (κ1) is 41.3. The van der Waals surface area contributed by atoms with Crippen molar-refractivity contribution in [2.75, 3.05) is 27.2 Å². The predicted octanol–water partition coefficient (Wildman–Crippen LogP) is 9.05. The summed E-state index contributed by atoms with van der Waals surface area (Å²) in [5, 5.41) is 16.9. The van der Waals surface area contributed by atoms with E-state index in [4.69, 9.17) is 15.9 Å². The van der Waals surface area contributed by atoms with Crippen molar-refractivity contribution in [2.45, 2.75) is 168 Å². The highest BCUT2D eigenvalue weighted by molar-refractivity contribution is 5.66. The molecular weight excluding hydrogens is 476 g/mol. The monoisotopic (exact) mass is 545 g/mol. The molecule has 0 aromatic heterocycles. The molecule has 0 aliphatic rings. The van der Waals surface area contributed by atoms with Gasteiger partial charge in [0.05, 0.1) is 0 Å². The third-order valence-electron chi connectivity index (χ3n) is 6.56. The third kappa shape index (κ3) is 51.5. The number of likely N-dealkylation sites (N-methyl/N-ethyl adjacent to an activating group) is 1. The van der Waals surface area contributed by atoms with E-state index in [1.807, 2.05) is 14.1 Å². The van der Waals surface area contributed by atoms with Crippen LogP contribution in [0.1, 0.15) is 168 Å². The Bertz CT molecular complexity index is 423. The first-order valence-electron chi connectivity index (χ1n) is 16.1. The zero-order valence-corrected chi connectivity index (χ0v) is 26.1. The number of rotatable bonds is 26. The van der Waals surface area contributed by atoms with E-state index in [-0.39, 0.29) is 0 Å². The van der Waals surface area contributed by atoms with E-state index >= 15 is 0 Å². The van der Waals surface area contributed by atoms with Gasteiger partial charge in [0.2, 0.25) is 0 Å². The number of nitrogens with two attached hydrogens (primary N) is 1. The molecule has 0 unspecified atom stereocenters. The van der Waals surface area contributed by atoms with Crippen LogP contribution in [0.4, 0.5) is 0 Å². The molecule has 230 valence electrons. The molecule has 0 spiro atoms. The van der Waals surface area contributed by atoms with Crippen molar-refractivity contribution in [2.24, 2.45) is 5.73 Å². The van der Waals surface area contributed by atoms with E-state index in [1.165, 1.54) is 116 Å². The first-order valence-corrected chi connectivity index (χ1v) is 16.1. The molecule has 0 radical (unpaired) electrons. The number of carboxylic acids is 2. The molecule has 0 atom stereocenters. The van der Waals surface area contributed by atoms with Gasteiger partial charge in [-0.1, -0.05) is 142 Å². The molecule has 0 amide bonds. The van der Waals surface area contributed by atoms with Gasteiger partial charge in [0.1, 0.15) is 0 Å². The number of unbranched alkanes of at least 4 members (excludes halogenated alkanes) is 20. The number of carboxylic acid groups (broad SMARTS) is 2. The molecule has 0 rings (SSSR count). The maximum absolute atomic E-state index is 10.3. The van der Waals surface area contributed by atoms with E-state index in [1.54, 1.807) is 0 Å². The molecule has 0 saturated heterocycles. The Morgan fingerprint density at radius 3 is 0.895 bits per heavy atom. The second kappa shape index (κ2) is 38.0. The Morgan fingerprint density at radius 1 is 0.500 bits per heavy atom. The molecule has 38 heavy (non-hydrogen) atoms. The number of aliphatic carboxylic acids is 2. The summed E-state index contributed by atoms with van der Waals surface area (Å²) in [6, 6.07) is 0. The normalized spacial score (nSPS) is 10.5. The van der Waals surface area contributed by atoms with Gasteiger partial charge in [-0.15, -0.1) is 0 Å². The van der Waals surface area contributed by atoms with Crippen LogP contribution in [0.25, 0.3) is 0 Å². The third-order valence-corrected chi connectivity index (χ3v) is 6.56. The highest BCUT2D eigenvalue weighted by atomic mass is 16.4. The summed E-state index contributed by atoms with van der Waals surface area (Å²) >= 11 is 0. The lowest BCUT2D eigenvalue weighted by Gasteiger charge is -2.03. The summed E-state index contributed by atoms with van der Waals surface area (Å²) in [5.74, 6) is -1.31. The Morgan fingerprint density at radius 2 is 0.737 bits per heavy atom. The second-order valence-electron chi connectivity index (χ2n) is 11.0. The smallest absolute Gasteiger partial charge is 0.303 e. The number of carbonyl (C=O) groups is 2. The van der Waals surface area contributed by atoms with Gasteiger partial charge in [-0.3, -0.25) is 9.59 Å². The lowest BCUT2D eigenvalue weighted by molar-refractivity contribution is -0.138. The van der Waals surface area contributed by atoms with Crippen molar-refractivity contribution >= 4 is 11.9 Å². The van der Waals surface area contributed by atoms with Crippen LogP contribution in [-0.4, -0.2) is 54.2 Å². The first-order chi connectivity index (χ1) is 18.3. The number of hydrogen-bond acceptors (Lipinski definition) is 4. The highest BCUT2D eigenvalue weighted by Crippen LogP contribution is 2.12. The van der Waals surface area contributed by atoms with Crippen LogP contribution in [0.5, 0.6) is 0 Å². The van der Waals surface area contributed by atoms with Crippen molar-refractivity contribution < 1.29 is 19.8 Å². The topological polar surface area (TPSA) is 104 Å². The average molecular weight is 545 g/mol. The molecule has 0 aromatic rings. The second-order valence-corrected chi connectivity index (χ2v) is 11.0. The fourth-order valence-corrected chi connectivity index (χ4v) is 4.14. The van der Waals surface area contributed by atoms with Gasteiger partial charge in [0.15, 0.2) is 0 Å². The van der Waals surface area contributed by atoms with Crippen molar-refractivity contribution in [3.05, 3.63) is 0 Å². The van der Waals surface area contributed by atoms with E-state index in [0.717, 1.165) is 38.8 Å². The van der Waals surface area contributed by atoms with Crippen LogP contribution in [0, 0.1) is 0 Å². The molecule has 0 aliphatic heterocycles. The quantitative estimate of drug-likeness (QED) is 0.0938. The lowest BCUT2D eigenvalue weighted by Crippen LogP contribution is -2.20. The lowest BCUT2D eigenvalue weighted by atomic mass is 10.1. The maximum Gasteiger partial charge on any atom is 0.303 e. The Kier molecular flexibility index (Phi) is 41.4. The zero-order chi connectivity index (χ0) is 29.1. The van der Waals surface area contributed by atoms with Crippen molar-refractivity contribution in [3.63, 3.8) is 0 Å². The summed E-state index contributed by atoms with van der Waals surface area (Å²) in [6.45, 7) is 6.24. The SMILES string of the molecule is CCCCCCCCCCCCCC(=O)O.CCCCCCCCCCCCCC(=O)O.CN(C)CCN. The maximum atomic E-state index is 10.3. The summed E-state index contributed by atoms with van der Waals surface area (Å²) in [7, 11) is 4.01. The van der Waals surface area contributed by atoms with Crippen molar-refractivity contribution in [1.29, 1.82) is 0 Å². The van der Waals surface area contributed by atoms with Crippen LogP contribution in [-0.2, 0) is 9.59 Å². The van der Waals surface area contributed by atoms with Crippen molar-refractivity contribution in [1.82, 2.24) is 4.90 Å². The molecule has 6 nitrogen and oxygen atoms in total. The summed E-state index contributed by atoms with van der Waals surface area (Å²) < 4.78 is 0. The van der Waals surface area contributed by atoms with E-state index in [9.17, 15) is 9.59 Å². The van der Waals surface area contributed by atoms with E-state index < -0.39 is 11.9 Å². The number of hydrogen-bond donors (Lipinski definition) is 3. The molecule has 0 bridgehead atoms. The summed E-state index contributed by atoms with van der Waals surface area (Å²) in [6.07, 6.45) is 28.7. The van der Waals surface area contributed by atoms with Gasteiger partial charge in [-0.25, -0.2) is 0 Å². The van der Waals surface area contributed by atoms with Crippen molar-refractivity contribution in [3.8, 4) is 0 Å². The molecule has 0 saturated carbocycles. The van der Waals surface area contributed by atoms with Gasteiger partial charge in [0, 0.05) is 25.9 Å². The largest absolute Gasteiger partial charge is 0.481 e. The fourth-order valence-electron chi connectivity index (χ4n) is 4.14. The van der Waals surface area contributed by atoms with Gasteiger partial charge in [0.25, 0.3) is 0 Å².